The Balaban J connectivity index is 1.79. The predicted octanol–water partition coefficient (Wildman–Crippen LogP) is 3.58. The average molecular weight is 308 g/mol. The normalized spacial score (nSPS) is 12.4. The Morgan fingerprint density at radius 2 is 1.96 bits per heavy atom. The Hall–Kier alpha value is -2.88. The molecular weight excluding hydrogens is 288 g/mol. The third-order valence-electron chi connectivity index (χ3n) is 3.10. The van der Waals surface area contributed by atoms with Crippen LogP contribution in [0.25, 0.3) is 6.08 Å². The lowest BCUT2D eigenvalue weighted by atomic mass is 10.2. The fourth-order valence-corrected chi connectivity index (χ4v) is 1.90. The molecule has 1 atom stereocenters. The van der Waals surface area contributed by atoms with Crippen molar-refractivity contribution in [2.45, 2.75) is 20.0 Å². The van der Waals surface area contributed by atoms with E-state index in [0.717, 1.165) is 11.1 Å². The van der Waals surface area contributed by atoms with Crippen molar-refractivity contribution in [3.8, 4) is 5.75 Å². The number of carbonyl (C=O) groups excluding carboxylic acids is 1. The van der Waals surface area contributed by atoms with E-state index in [4.69, 9.17) is 4.74 Å². The van der Waals surface area contributed by atoms with Gasteiger partial charge in [-0.25, -0.2) is 5.43 Å². The van der Waals surface area contributed by atoms with Crippen molar-refractivity contribution >= 4 is 18.2 Å². The van der Waals surface area contributed by atoms with Gasteiger partial charge in [-0.1, -0.05) is 48.5 Å². The third kappa shape index (κ3) is 5.79. The van der Waals surface area contributed by atoms with Gasteiger partial charge in [0.05, 0.1) is 0 Å². The molecule has 2 rings (SSSR count). The van der Waals surface area contributed by atoms with Crippen molar-refractivity contribution in [1.82, 2.24) is 5.43 Å². The van der Waals surface area contributed by atoms with E-state index in [-0.39, 0.29) is 5.91 Å². The van der Waals surface area contributed by atoms with Crippen LogP contribution in [0.3, 0.4) is 0 Å². The molecule has 0 aliphatic rings. The van der Waals surface area contributed by atoms with Gasteiger partial charge < -0.3 is 4.74 Å². The van der Waals surface area contributed by atoms with E-state index in [1.165, 1.54) is 6.21 Å². The molecule has 23 heavy (non-hydrogen) atoms. The molecule has 1 N–H and O–H groups in total. The van der Waals surface area contributed by atoms with E-state index in [0.29, 0.717) is 5.75 Å². The van der Waals surface area contributed by atoms with Crippen molar-refractivity contribution in [2.24, 2.45) is 5.10 Å². The number of nitrogens with zero attached hydrogens (tertiary/aromatic N) is 1. The van der Waals surface area contributed by atoms with Gasteiger partial charge in [-0.2, -0.15) is 5.10 Å². The predicted molar refractivity (Wildman–Crippen MR) is 93.4 cm³/mol. The van der Waals surface area contributed by atoms with E-state index < -0.39 is 6.10 Å². The highest BCUT2D eigenvalue weighted by Crippen LogP contribution is 2.14. The molecule has 0 radical (unpaired) electrons. The SMILES string of the molecule is Cc1cccc(O[C@@H](C)C(=O)NN=C/C=C/c2ccccc2)c1. The summed E-state index contributed by atoms with van der Waals surface area (Å²) in [6.07, 6.45) is 4.58. The third-order valence-corrected chi connectivity index (χ3v) is 3.10. The molecule has 0 aliphatic carbocycles. The molecular formula is C19H20N2O2. The number of benzene rings is 2. The Labute approximate surface area is 136 Å². The summed E-state index contributed by atoms with van der Waals surface area (Å²) in [4.78, 5) is 11.9. The van der Waals surface area contributed by atoms with Gasteiger partial charge >= 0.3 is 0 Å². The van der Waals surface area contributed by atoms with Gasteiger partial charge in [-0.3, -0.25) is 4.79 Å². The summed E-state index contributed by atoms with van der Waals surface area (Å²) in [5, 5.41) is 3.88. The Morgan fingerprint density at radius 3 is 2.70 bits per heavy atom. The number of rotatable bonds is 6. The zero-order valence-electron chi connectivity index (χ0n) is 13.3. The van der Waals surface area contributed by atoms with Gasteiger partial charge in [-0.05, 0) is 43.2 Å². The highest BCUT2D eigenvalue weighted by Gasteiger charge is 2.13. The van der Waals surface area contributed by atoms with Crippen molar-refractivity contribution in [3.63, 3.8) is 0 Å². The lowest BCUT2D eigenvalue weighted by Gasteiger charge is -2.13. The van der Waals surface area contributed by atoms with Crippen LogP contribution in [-0.4, -0.2) is 18.2 Å². The maximum atomic E-state index is 11.9. The van der Waals surface area contributed by atoms with Crippen LogP contribution in [0.15, 0.2) is 65.8 Å². The summed E-state index contributed by atoms with van der Waals surface area (Å²) in [7, 11) is 0. The van der Waals surface area contributed by atoms with Crippen LogP contribution in [0.4, 0.5) is 0 Å². The summed E-state index contributed by atoms with van der Waals surface area (Å²) < 4.78 is 5.58. The zero-order valence-corrected chi connectivity index (χ0v) is 13.3. The summed E-state index contributed by atoms with van der Waals surface area (Å²) in [5.41, 5.74) is 4.61. The number of allylic oxidation sites excluding steroid dienone is 1. The topological polar surface area (TPSA) is 50.7 Å². The lowest BCUT2D eigenvalue weighted by molar-refractivity contribution is -0.127. The summed E-state index contributed by atoms with van der Waals surface area (Å²) >= 11 is 0. The first-order valence-electron chi connectivity index (χ1n) is 7.43. The van der Waals surface area contributed by atoms with Crippen molar-refractivity contribution in [1.29, 1.82) is 0 Å². The van der Waals surface area contributed by atoms with Crippen molar-refractivity contribution < 1.29 is 9.53 Å². The average Bonchev–Trinajstić information content (AvgIpc) is 2.55. The molecule has 0 fully saturated rings. The van der Waals surface area contributed by atoms with Gasteiger partial charge in [0.1, 0.15) is 5.75 Å². The second-order valence-electron chi connectivity index (χ2n) is 5.10. The molecule has 0 bridgehead atoms. The lowest BCUT2D eigenvalue weighted by Crippen LogP contribution is -2.33. The summed E-state index contributed by atoms with van der Waals surface area (Å²) in [6, 6.07) is 17.4. The van der Waals surface area contributed by atoms with E-state index in [9.17, 15) is 4.79 Å². The number of nitrogens with one attached hydrogen (secondary N) is 1. The molecule has 0 aliphatic heterocycles. The maximum Gasteiger partial charge on any atom is 0.280 e. The van der Waals surface area contributed by atoms with E-state index in [1.807, 2.05) is 67.6 Å². The molecule has 118 valence electrons. The number of hydrogen-bond donors (Lipinski definition) is 1. The van der Waals surface area contributed by atoms with Crippen LogP contribution in [-0.2, 0) is 4.79 Å². The van der Waals surface area contributed by atoms with E-state index >= 15 is 0 Å². The van der Waals surface area contributed by atoms with Crippen LogP contribution in [0.2, 0.25) is 0 Å². The summed E-state index contributed by atoms with van der Waals surface area (Å²) in [5.74, 6) is 0.372. The minimum atomic E-state index is -0.618. The highest BCUT2D eigenvalue weighted by atomic mass is 16.5. The van der Waals surface area contributed by atoms with Gasteiger partial charge in [0.25, 0.3) is 5.91 Å². The maximum absolute atomic E-state index is 11.9. The van der Waals surface area contributed by atoms with Gasteiger partial charge in [0.15, 0.2) is 6.10 Å². The van der Waals surface area contributed by atoms with Crippen molar-refractivity contribution in [2.75, 3.05) is 0 Å². The van der Waals surface area contributed by atoms with Gasteiger partial charge in [0, 0.05) is 6.21 Å². The number of ether oxygens (including phenoxy) is 1. The largest absolute Gasteiger partial charge is 0.481 e. The molecule has 0 aromatic heterocycles. The zero-order chi connectivity index (χ0) is 16.5. The number of carbonyl (C=O) groups is 1. The fraction of sp³-hybridized carbons (Fsp3) is 0.158. The molecule has 1 amide bonds. The number of aryl methyl sites for hydroxylation is 1. The molecule has 0 saturated heterocycles. The molecule has 4 nitrogen and oxygen atoms in total. The summed E-state index contributed by atoms with van der Waals surface area (Å²) in [6.45, 7) is 3.66. The van der Waals surface area contributed by atoms with Crippen LogP contribution in [0.5, 0.6) is 5.75 Å². The van der Waals surface area contributed by atoms with Crippen molar-refractivity contribution in [3.05, 3.63) is 71.8 Å². The second-order valence-corrected chi connectivity index (χ2v) is 5.10. The van der Waals surface area contributed by atoms with Crippen LogP contribution >= 0.6 is 0 Å². The standard InChI is InChI=1S/C19H20N2O2/c1-15-8-6-12-18(14-15)23-16(2)19(22)21-20-13-7-11-17-9-4-3-5-10-17/h3-14,16H,1-2H3,(H,21,22)/b11-7+,20-13?/t16-/m0/s1. The molecule has 0 unspecified atom stereocenters. The molecule has 0 saturated carbocycles. The van der Waals surface area contributed by atoms with Crippen LogP contribution in [0, 0.1) is 6.92 Å². The van der Waals surface area contributed by atoms with Crippen LogP contribution < -0.4 is 10.2 Å². The Bertz CT molecular complexity index is 694. The Morgan fingerprint density at radius 1 is 1.17 bits per heavy atom. The quantitative estimate of drug-likeness (QED) is 0.655. The monoisotopic (exact) mass is 308 g/mol. The minimum absolute atomic E-state index is 0.295. The number of hydrazone groups is 1. The fourth-order valence-electron chi connectivity index (χ4n) is 1.90. The second kappa shape index (κ2) is 8.54. The minimum Gasteiger partial charge on any atom is -0.481 e. The molecule has 2 aromatic rings. The first-order valence-corrected chi connectivity index (χ1v) is 7.43. The Kier molecular flexibility index (Phi) is 6.12. The van der Waals surface area contributed by atoms with Gasteiger partial charge in [-0.15, -0.1) is 0 Å². The van der Waals surface area contributed by atoms with E-state index in [2.05, 4.69) is 10.5 Å². The van der Waals surface area contributed by atoms with E-state index in [1.54, 1.807) is 13.0 Å². The highest BCUT2D eigenvalue weighted by molar-refractivity contribution is 5.83. The molecule has 2 aromatic carbocycles. The molecule has 0 spiro atoms. The first-order chi connectivity index (χ1) is 11.1. The molecule has 0 heterocycles. The first kappa shape index (κ1) is 16.5. The van der Waals surface area contributed by atoms with Gasteiger partial charge in [0.2, 0.25) is 0 Å². The number of amides is 1. The smallest absolute Gasteiger partial charge is 0.280 e. The number of hydrogen-bond acceptors (Lipinski definition) is 3. The molecule has 4 heteroatoms. The van der Waals surface area contributed by atoms with Crippen LogP contribution in [0.1, 0.15) is 18.1 Å².